The summed E-state index contributed by atoms with van der Waals surface area (Å²) in [5.74, 6) is 4.56. The molecule has 2 atom stereocenters. The van der Waals surface area contributed by atoms with Crippen LogP contribution in [0.4, 0.5) is 0 Å². The molecule has 0 aromatic rings. The van der Waals surface area contributed by atoms with Crippen molar-refractivity contribution >= 4 is 11.9 Å². The Kier molecular flexibility index (Phi) is 4.11. The number of nitrogens with zero attached hydrogens (tertiary/aromatic N) is 1. The summed E-state index contributed by atoms with van der Waals surface area (Å²) in [4.78, 5) is 23.2. The molecule has 98 valence electrons. The molecule has 6 nitrogen and oxygen atoms in total. The molecule has 17 heavy (non-hydrogen) atoms. The van der Waals surface area contributed by atoms with Crippen LogP contribution in [0, 0.1) is 5.92 Å². The van der Waals surface area contributed by atoms with Gasteiger partial charge in [-0.25, -0.2) is 5.01 Å². The lowest BCUT2D eigenvalue weighted by atomic mass is 10.1. The summed E-state index contributed by atoms with van der Waals surface area (Å²) in [5, 5.41) is 1.33. The molecule has 1 fully saturated rings. The van der Waals surface area contributed by atoms with E-state index in [0.29, 0.717) is 13.0 Å². The molecule has 0 unspecified atom stereocenters. The molecule has 1 aliphatic heterocycles. The van der Waals surface area contributed by atoms with Crippen molar-refractivity contribution in [3.8, 4) is 0 Å². The fourth-order valence-electron chi connectivity index (χ4n) is 1.78. The summed E-state index contributed by atoms with van der Waals surface area (Å²) < 4.78 is 9.88. The predicted molar refractivity (Wildman–Crippen MR) is 60.6 cm³/mol. The van der Waals surface area contributed by atoms with Crippen LogP contribution in [0.2, 0.25) is 0 Å². The third-order valence-corrected chi connectivity index (χ3v) is 2.55. The van der Waals surface area contributed by atoms with Crippen molar-refractivity contribution in [3.05, 3.63) is 0 Å². The number of rotatable bonds is 2. The SMILES string of the molecule is COC(=O)[C@@H]1C[C@@H](C(=O)OC(C)(C)C)CN1N. The first-order valence-electron chi connectivity index (χ1n) is 5.56. The molecule has 0 aliphatic carbocycles. The van der Waals surface area contributed by atoms with Gasteiger partial charge in [0, 0.05) is 6.54 Å². The number of nitrogens with two attached hydrogens (primary N) is 1. The minimum absolute atomic E-state index is 0.314. The number of hydrogen-bond donors (Lipinski definition) is 1. The zero-order chi connectivity index (χ0) is 13.2. The maximum absolute atomic E-state index is 11.8. The summed E-state index contributed by atoms with van der Waals surface area (Å²) in [5.41, 5.74) is -0.528. The molecule has 1 saturated heterocycles. The summed E-state index contributed by atoms with van der Waals surface area (Å²) >= 11 is 0. The second kappa shape index (κ2) is 5.01. The Hall–Kier alpha value is -1.14. The van der Waals surface area contributed by atoms with Gasteiger partial charge in [-0.1, -0.05) is 0 Å². The number of hydrazine groups is 1. The number of carbonyl (C=O) groups is 2. The highest BCUT2D eigenvalue weighted by atomic mass is 16.6. The summed E-state index contributed by atoms with van der Waals surface area (Å²) in [6.45, 7) is 5.72. The molecule has 0 aromatic carbocycles. The Morgan fingerprint density at radius 3 is 2.35 bits per heavy atom. The van der Waals surface area contributed by atoms with Gasteiger partial charge in [0.25, 0.3) is 0 Å². The first-order valence-corrected chi connectivity index (χ1v) is 5.56. The van der Waals surface area contributed by atoms with Crippen LogP contribution in [0.25, 0.3) is 0 Å². The van der Waals surface area contributed by atoms with Crippen molar-refractivity contribution < 1.29 is 19.1 Å². The quantitative estimate of drug-likeness (QED) is 0.546. The highest BCUT2D eigenvalue weighted by Crippen LogP contribution is 2.24. The first-order chi connectivity index (χ1) is 7.74. The molecular formula is C11H20N2O4. The molecule has 0 aromatic heterocycles. The van der Waals surface area contributed by atoms with Gasteiger partial charge in [0.05, 0.1) is 13.0 Å². The highest BCUT2D eigenvalue weighted by molar-refractivity contribution is 5.79. The van der Waals surface area contributed by atoms with E-state index in [4.69, 9.17) is 10.6 Å². The van der Waals surface area contributed by atoms with E-state index in [0.717, 1.165) is 0 Å². The van der Waals surface area contributed by atoms with E-state index in [-0.39, 0.29) is 11.9 Å². The summed E-state index contributed by atoms with van der Waals surface area (Å²) in [7, 11) is 1.30. The van der Waals surface area contributed by atoms with Crippen LogP contribution < -0.4 is 5.84 Å². The number of methoxy groups -OCH3 is 1. The normalized spacial score (nSPS) is 25.7. The molecule has 0 saturated carbocycles. The van der Waals surface area contributed by atoms with Crippen LogP contribution in [0.15, 0.2) is 0 Å². The molecule has 1 rings (SSSR count). The van der Waals surface area contributed by atoms with E-state index >= 15 is 0 Å². The van der Waals surface area contributed by atoms with E-state index in [9.17, 15) is 9.59 Å². The molecule has 1 aliphatic rings. The zero-order valence-corrected chi connectivity index (χ0v) is 10.7. The number of ether oxygens (including phenoxy) is 2. The van der Waals surface area contributed by atoms with Gasteiger partial charge in [0.15, 0.2) is 0 Å². The van der Waals surface area contributed by atoms with E-state index < -0.39 is 17.6 Å². The number of hydrogen-bond acceptors (Lipinski definition) is 6. The fraction of sp³-hybridized carbons (Fsp3) is 0.818. The number of carbonyl (C=O) groups excluding carboxylic acids is 2. The molecule has 0 spiro atoms. The van der Waals surface area contributed by atoms with E-state index in [1.54, 1.807) is 20.8 Å². The van der Waals surface area contributed by atoms with Crippen LogP contribution in [0.3, 0.4) is 0 Å². The molecule has 1 heterocycles. The highest BCUT2D eigenvalue weighted by Gasteiger charge is 2.40. The molecule has 0 bridgehead atoms. The Morgan fingerprint density at radius 2 is 1.88 bits per heavy atom. The van der Waals surface area contributed by atoms with Crippen molar-refractivity contribution in [2.45, 2.75) is 38.8 Å². The van der Waals surface area contributed by atoms with Crippen molar-refractivity contribution in [2.24, 2.45) is 11.8 Å². The maximum atomic E-state index is 11.8. The third-order valence-electron chi connectivity index (χ3n) is 2.55. The minimum atomic E-state index is -0.558. The smallest absolute Gasteiger partial charge is 0.324 e. The maximum Gasteiger partial charge on any atom is 0.324 e. The lowest BCUT2D eigenvalue weighted by molar-refractivity contribution is -0.159. The lowest BCUT2D eigenvalue weighted by Crippen LogP contribution is -2.41. The first kappa shape index (κ1) is 13.9. The monoisotopic (exact) mass is 244 g/mol. The minimum Gasteiger partial charge on any atom is -0.468 e. The van der Waals surface area contributed by atoms with E-state index in [2.05, 4.69) is 4.74 Å². The number of esters is 2. The summed E-state index contributed by atoms with van der Waals surface area (Å²) in [6, 6.07) is -0.558. The average Bonchev–Trinajstić information content (AvgIpc) is 2.57. The predicted octanol–water partition coefficient (Wildman–Crippen LogP) is 0.0653. The second-order valence-corrected chi connectivity index (χ2v) is 5.20. The van der Waals surface area contributed by atoms with Gasteiger partial charge in [-0.2, -0.15) is 0 Å². The van der Waals surface area contributed by atoms with Crippen molar-refractivity contribution in [1.29, 1.82) is 0 Å². The molecule has 0 radical (unpaired) electrons. The van der Waals surface area contributed by atoms with Gasteiger partial charge in [-0.05, 0) is 27.2 Å². The van der Waals surface area contributed by atoms with E-state index in [1.807, 2.05) is 0 Å². The largest absolute Gasteiger partial charge is 0.468 e. The lowest BCUT2D eigenvalue weighted by Gasteiger charge is -2.21. The van der Waals surface area contributed by atoms with Gasteiger partial charge in [0.1, 0.15) is 11.6 Å². The van der Waals surface area contributed by atoms with Crippen LogP contribution in [-0.4, -0.2) is 42.2 Å². The Labute approximate surface area is 101 Å². The molecule has 0 amide bonds. The Morgan fingerprint density at radius 1 is 1.29 bits per heavy atom. The van der Waals surface area contributed by atoms with Crippen molar-refractivity contribution in [2.75, 3.05) is 13.7 Å². The van der Waals surface area contributed by atoms with Crippen LogP contribution in [-0.2, 0) is 19.1 Å². The average molecular weight is 244 g/mol. The van der Waals surface area contributed by atoms with Crippen molar-refractivity contribution in [1.82, 2.24) is 5.01 Å². The second-order valence-electron chi connectivity index (χ2n) is 5.20. The van der Waals surface area contributed by atoms with Gasteiger partial charge < -0.3 is 9.47 Å². The van der Waals surface area contributed by atoms with Crippen LogP contribution in [0.5, 0.6) is 0 Å². The Balaban J connectivity index is 2.60. The van der Waals surface area contributed by atoms with Gasteiger partial charge in [-0.15, -0.1) is 0 Å². The zero-order valence-electron chi connectivity index (χ0n) is 10.7. The topological polar surface area (TPSA) is 81.9 Å². The standard InChI is InChI=1S/C11H20N2O4/c1-11(2,3)17-9(14)7-5-8(10(15)16-4)13(12)6-7/h7-8H,5-6,12H2,1-4H3/t7-,8+/m1/s1. The molecule has 2 N–H and O–H groups in total. The Bertz CT molecular complexity index is 311. The van der Waals surface area contributed by atoms with Gasteiger partial charge in [-0.3, -0.25) is 15.4 Å². The molecule has 6 heteroatoms. The van der Waals surface area contributed by atoms with Crippen molar-refractivity contribution in [3.63, 3.8) is 0 Å². The van der Waals surface area contributed by atoms with Gasteiger partial charge >= 0.3 is 11.9 Å². The van der Waals surface area contributed by atoms with Crippen LogP contribution >= 0.6 is 0 Å². The fourth-order valence-corrected chi connectivity index (χ4v) is 1.78. The third kappa shape index (κ3) is 3.67. The van der Waals surface area contributed by atoms with Gasteiger partial charge in [0.2, 0.25) is 0 Å². The summed E-state index contributed by atoms with van der Waals surface area (Å²) in [6.07, 6.45) is 0.345. The van der Waals surface area contributed by atoms with Crippen LogP contribution in [0.1, 0.15) is 27.2 Å². The molecular weight excluding hydrogens is 224 g/mol. The van der Waals surface area contributed by atoms with E-state index in [1.165, 1.54) is 12.1 Å².